The molecule has 3 nitrogen and oxygen atoms in total. The van der Waals surface area contributed by atoms with Gasteiger partial charge in [0.15, 0.2) is 0 Å². The van der Waals surface area contributed by atoms with Gasteiger partial charge in [0.25, 0.3) is 0 Å². The van der Waals surface area contributed by atoms with Gasteiger partial charge in [0.2, 0.25) is 0 Å². The summed E-state index contributed by atoms with van der Waals surface area (Å²) in [5.41, 5.74) is 6.06. The van der Waals surface area contributed by atoms with E-state index in [1.807, 2.05) is 18.2 Å². The number of nitrogens with one attached hydrogen (secondary N) is 1. The van der Waals surface area contributed by atoms with Gasteiger partial charge in [-0.1, -0.05) is 18.9 Å². The molecule has 0 unspecified atom stereocenters. The first-order valence-corrected chi connectivity index (χ1v) is 6.20. The van der Waals surface area contributed by atoms with E-state index in [0.29, 0.717) is 6.04 Å². The minimum atomic E-state index is 0.263. The number of hydrogen-bond acceptors (Lipinski definition) is 3. The Balaban J connectivity index is 2.01. The summed E-state index contributed by atoms with van der Waals surface area (Å²) >= 11 is 3.36. The summed E-state index contributed by atoms with van der Waals surface area (Å²) < 4.78 is 0.858. The van der Waals surface area contributed by atoms with Crippen molar-refractivity contribution in [1.29, 1.82) is 0 Å². The molecule has 2 rings (SSSR count). The van der Waals surface area contributed by atoms with Gasteiger partial charge in [-0.3, -0.25) is 0 Å². The number of rotatable bonds is 2. The second-order valence-corrected chi connectivity index (χ2v) is 4.86. The van der Waals surface area contributed by atoms with E-state index in [2.05, 4.69) is 26.2 Å². The number of pyridine rings is 1. The third-order valence-corrected chi connectivity index (χ3v) is 3.31. The van der Waals surface area contributed by atoms with Crippen LogP contribution in [0, 0.1) is 0 Å². The van der Waals surface area contributed by atoms with Gasteiger partial charge >= 0.3 is 0 Å². The Hall–Kier alpha value is -0.610. The van der Waals surface area contributed by atoms with Crippen molar-refractivity contribution in [3.8, 4) is 0 Å². The number of hydrogen-bond donors (Lipinski definition) is 2. The average Bonchev–Trinajstić information content (AvgIpc) is 2.22. The largest absolute Gasteiger partial charge is 0.366 e. The topological polar surface area (TPSA) is 50.9 Å². The SMILES string of the molecule is N[C@H]1CCCC[C@@H]1Nc1cccc(Br)n1. The second-order valence-electron chi connectivity index (χ2n) is 4.04. The van der Waals surface area contributed by atoms with Crippen molar-refractivity contribution in [2.45, 2.75) is 37.8 Å². The molecule has 82 valence electrons. The summed E-state index contributed by atoms with van der Waals surface area (Å²) in [7, 11) is 0. The molecule has 0 spiro atoms. The van der Waals surface area contributed by atoms with E-state index in [4.69, 9.17) is 5.73 Å². The van der Waals surface area contributed by atoms with E-state index < -0.39 is 0 Å². The van der Waals surface area contributed by atoms with Crippen molar-refractivity contribution >= 4 is 21.7 Å². The molecule has 0 amide bonds. The van der Waals surface area contributed by atoms with Crippen molar-refractivity contribution in [3.63, 3.8) is 0 Å². The van der Waals surface area contributed by atoms with Gasteiger partial charge < -0.3 is 11.1 Å². The van der Waals surface area contributed by atoms with Crippen molar-refractivity contribution in [1.82, 2.24) is 4.98 Å². The standard InChI is InChI=1S/C11H16BrN3/c12-10-6-3-7-11(15-10)14-9-5-2-1-4-8(9)13/h3,6-9H,1-2,4-5,13H2,(H,14,15)/t8-,9-/m0/s1. The fourth-order valence-corrected chi connectivity index (χ4v) is 2.36. The Bertz CT molecular complexity index is 329. The monoisotopic (exact) mass is 269 g/mol. The van der Waals surface area contributed by atoms with Crippen LogP contribution < -0.4 is 11.1 Å². The molecule has 0 radical (unpaired) electrons. The Kier molecular flexibility index (Phi) is 3.59. The van der Waals surface area contributed by atoms with Gasteiger partial charge in [-0.25, -0.2) is 4.98 Å². The van der Waals surface area contributed by atoms with E-state index in [1.165, 1.54) is 12.8 Å². The maximum atomic E-state index is 6.06. The summed E-state index contributed by atoms with van der Waals surface area (Å²) in [5, 5.41) is 3.41. The fraction of sp³-hybridized carbons (Fsp3) is 0.545. The highest BCUT2D eigenvalue weighted by Gasteiger charge is 2.21. The van der Waals surface area contributed by atoms with E-state index >= 15 is 0 Å². The van der Waals surface area contributed by atoms with E-state index in [-0.39, 0.29) is 6.04 Å². The van der Waals surface area contributed by atoms with E-state index in [9.17, 15) is 0 Å². The average molecular weight is 270 g/mol. The van der Waals surface area contributed by atoms with Crippen LogP contribution >= 0.6 is 15.9 Å². The van der Waals surface area contributed by atoms with Gasteiger partial charge in [0, 0.05) is 12.1 Å². The minimum absolute atomic E-state index is 0.263. The van der Waals surface area contributed by atoms with Crippen molar-refractivity contribution in [2.24, 2.45) is 5.73 Å². The lowest BCUT2D eigenvalue weighted by atomic mass is 9.91. The van der Waals surface area contributed by atoms with E-state index in [1.54, 1.807) is 0 Å². The summed E-state index contributed by atoms with van der Waals surface area (Å²) in [4.78, 5) is 4.35. The molecule has 1 aliphatic rings. The molecule has 3 N–H and O–H groups in total. The number of nitrogens with zero attached hydrogens (tertiary/aromatic N) is 1. The van der Waals surface area contributed by atoms with Crippen LogP contribution in [-0.2, 0) is 0 Å². The van der Waals surface area contributed by atoms with Gasteiger partial charge in [-0.15, -0.1) is 0 Å². The first-order valence-electron chi connectivity index (χ1n) is 5.40. The van der Waals surface area contributed by atoms with Crippen LogP contribution in [0.25, 0.3) is 0 Å². The molecule has 0 saturated heterocycles. The Morgan fingerprint density at radius 2 is 2.13 bits per heavy atom. The minimum Gasteiger partial charge on any atom is -0.366 e. The molecule has 1 fully saturated rings. The van der Waals surface area contributed by atoms with Crippen LogP contribution in [0.1, 0.15) is 25.7 Å². The highest BCUT2D eigenvalue weighted by atomic mass is 79.9. The van der Waals surface area contributed by atoms with Crippen LogP contribution in [0.5, 0.6) is 0 Å². The van der Waals surface area contributed by atoms with Crippen LogP contribution in [-0.4, -0.2) is 17.1 Å². The second kappa shape index (κ2) is 4.94. The third-order valence-electron chi connectivity index (χ3n) is 2.87. The zero-order chi connectivity index (χ0) is 10.7. The molecule has 1 aromatic heterocycles. The maximum Gasteiger partial charge on any atom is 0.127 e. The molecule has 15 heavy (non-hydrogen) atoms. The Labute approximate surface area is 98.6 Å². The van der Waals surface area contributed by atoms with Gasteiger partial charge in [0.1, 0.15) is 10.4 Å². The predicted molar refractivity (Wildman–Crippen MR) is 65.8 cm³/mol. The van der Waals surface area contributed by atoms with Crippen LogP contribution in [0.3, 0.4) is 0 Å². The quantitative estimate of drug-likeness (QED) is 0.812. The number of nitrogens with two attached hydrogens (primary N) is 1. The van der Waals surface area contributed by atoms with Gasteiger partial charge in [-0.2, -0.15) is 0 Å². The molecule has 4 heteroatoms. The summed E-state index contributed by atoms with van der Waals surface area (Å²) in [6.07, 6.45) is 4.78. The molecule has 1 saturated carbocycles. The number of halogens is 1. The molecule has 1 heterocycles. The predicted octanol–water partition coefficient (Wildman–Crippen LogP) is 2.53. The molecule has 0 aliphatic heterocycles. The third kappa shape index (κ3) is 2.92. The molecule has 0 aromatic carbocycles. The van der Waals surface area contributed by atoms with Crippen LogP contribution in [0.15, 0.2) is 22.8 Å². The summed E-state index contributed by atoms with van der Waals surface area (Å²) in [6.45, 7) is 0. The zero-order valence-electron chi connectivity index (χ0n) is 8.62. The van der Waals surface area contributed by atoms with Crippen molar-refractivity contribution in [3.05, 3.63) is 22.8 Å². The van der Waals surface area contributed by atoms with Crippen molar-refractivity contribution in [2.75, 3.05) is 5.32 Å². The molecule has 1 aliphatic carbocycles. The normalized spacial score (nSPS) is 26.3. The lowest BCUT2D eigenvalue weighted by molar-refractivity contribution is 0.403. The zero-order valence-corrected chi connectivity index (χ0v) is 10.2. The van der Waals surface area contributed by atoms with Crippen molar-refractivity contribution < 1.29 is 0 Å². The molecule has 1 aromatic rings. The van der Waals surface area contributed by atoms with Crippen LogP contribution in [0.2, 0.25) is 0 Å². The highest BCUT2D eigenvalue weighted by Crippen LogP contribution is 2.20. The Morgan fingerprint density at radius 3 is 2.87 bits per heavy atom. The number of aromatic nitrogens is 1. The first kappa shape index (κ1) is 10.9. The summed E-state index contributed by atoms with van der Waals surface area (Å²) in [5.74, 6) is 0.909. The molecular weight excluding hydrogens is 254 g/mol. The van der Waals surface area contributed by atoms with Gasteiger partial charge in [-0.05, 0) is 40.9 Å². The maximum absolute atomic E-state index is 6.06. The Morgan fingerprint density at radius 1 is 1.33 bits per heavy atom. The highest BCUT2D eigenvalue weighted by molar-refractivity contribution is 9.10. The first-order chi connectivity index (χ1) is 7.25. The lowest BCUT2D eigenvalue weighted by Crippen LogP contribution is -2.42. The number of anilines is 1. The van der Waals surface area contributed by atoms with Crippen LogP contribution in [0.4, 0.5) is 5.82 Å². The van der Waals surface area contributed by atoms with E-state index in [0.717, 1.165) is 23.3 Å². The molecule has 0 bridgehead atoms. The molecule has 2 atom stereocenters. The fourth-order valence-electron chi connectivity index (χ4n) is 2.02. The van der Waals surface area contributed by atoms with Gasteiger partial charge in [0.05, 0.1) is 0 Å². The summed E-state index contributed by atoms with van der Waals surface area (Å²) in [6, 6.07) is 6.52. The lowest BCUT2D eigenvalue weighted by Gasteiger charge is -2.29. The smallest absolute Gasteiger partial charge is 0.127 e. The molecular formula is C11H16BrN3.